The maximum Gasteiger partial charge on any atom is 0.236 e. The Labute approximate surface area is 284 Å². The third kappa shape index (κ3) is 8.67. The van der Waals surface area contributed by atoms with E-state index in [0.717, 1.165) is 81.6 Å². The van der Waals surface area contributed by atoms with Gasteiger partial charge in [0.05, 0.1) is 48.6 Å². The summed E-state index contributed by atoms with van der Waals surface area (Å²) in [6.45, 7) is 12.3. The lowest BCUT2D eigenvalue weighted by atomic mass is 9.99. The molecule has 1 aliphatic heterocycles. The summed E-state index contributed by atoms with van der Waals surface area (Å²) in [5.41, 5.74) is 17.2. The highest BCUT2D eigenvalue weighted by atomic mass is 16.2. The lowest BCUT2D eigenvalue weighted by Gasteiger charge is -2.22. The Hall–Kier alpha value is -4.54. The highest BCUT2D eigenvalue weighted by Gasteiger charge is 2.31. The maximum absolute atomic E-state index is 12.3. The van der Waals surface area contributed by atoms with E-state index in [0.29, 0.717) is 13.1 Å². The van der Waals surface area contributed by atoms with Gasteiger partial charge >= 0.3 is 0 Å². The first-order chi connectivity index (χ1) is 23.3. The summed E-state index contributed by atoms with van der Waals surface area (Å²) < 4.78 is 0. The van der Waals surface area contributed by atoms with Crippen molar-refractivity contribution in [3.63, 3.8) is 0 Å². The van der Waals surface area contributed by atoms with Crippen molar-refractivity contribution >= 4 is 33.6 Å². The number of H-pyrrole nitrogens is 2. The van der Waals surface area contributed by atoms with E-state index in [1.807, 2.05) is 24.1 Å². The quantitative estimate of drug-likeness (QED) is 0.136. The number of likely N-dealkylation sites (tertiary alicyclic amines) is 1. The minimum absolute atomic E-state index is 0.00633. The third-order valence-corrected chi connectivity index (χ3v) is 8.04. The van der Waals surface area contributed by atoms with Crippen LogP contribution in [0.25, 0.3) is 44.2 Å². The molecule has 0 radical (unpaired) electrons. The summed E-state index contributed by atoms with van der Waals surface area (Å²) in [4.78, 5) is 44.2. The van der Waals surface area contributed by atoms with Crippen molar-refractivity contribution in [2.75, 3.05) is 26.2 Å². The molecule has 1 aliphatic rings. The number of fused-ring (bicyclic) bond motifs is 2. The van der Waals surface area contributed by atoms with Crippen LogP contribution in [0.5, 0.6) is 0 Å². The van der Waals surface area contributed by atoms with E-state index in [1.54, 1.807) is 4.90 Å². The van der Waals surface area contributed by atoms with E-state index in [2.05, 4.69) is 91.2 Å². The molecule has 10 heteroatoms. The normalized spacial score (nSPS) is 14.0. The summed E-state index contributed by atoms with van der Waals surface area (Å²) >= 11 is 0. The molecule has 6 rings (SSSR count). The first kappa shape index (κ1) is 36.3. The van der Waals surface area contributed by atoms with Gasteiger partial charge in [0.15, 0.2) is 0 Å². The average molecular weight is 653 g/mol. The van der Waals surface area contributed by atoms with E-state index < -0.39 is 0 Å². The molecule has 48 heavy (non-hydrogen) atoms. The highest BCUT2D eigenvalue weighted by molar-refractivity contribution is 5.92. The largest absolute Gasteiger partial charge is 0.341 e. The first-order valence-corrected chi connectivity index (χ1v) is 17.4. The van der Waals surface area contributed by atoms with Crippen LogP contribution in [0.1, 0.15) is 84.4 Å². The zero-order valence-corrected chi connectivity index (χ0v) is 29.2. The van der Waals surface area contributed by atoms with Crippen LogP contribution in [-0.4, -0.2) is 67.7 Å². The molecule has 3 aromatic carbocycles. The topological polar surface area (TPSA) is 150 Å². The summed E-state index contributed by atoms with van der Waals surface area (Å²) in [7, 11) is 0. The van der Waals surface area contributed by atoms with Gasteiger partial charge in [-0.25, -0.2) is 9.97 Å². The van der Waals surface area contributed by atoms with Crippen molar-refractivity contribution in [1.29, 1.82) is 0 Å². The molecule has 2 amide bonds. The molecule has 5 aromatic rings. The van der Waals surface area contributed by atoms with E-state index in [1.165, 1.54) is 12.8 Å². The van der Waals surface area contributed by atoms with Gasteiger partial charge in [0.1, 0.15) is 11.6 Å². The van der Waals surface area contributed by atoms with Crippen molar-refractivity contribution in [2.24, 2.45) is 11.5 Å². The predicted octanol–water partition coefficient (Wildman–Crippen LogP) is 6.93. The molecule has 256 valence electrons. The number of nitrogens with zero attached hydrogens (tertiary/aromatic N) is 4. The number of aromatic amines is 2. The number of carbonyl (C=O) groups excluding carboxylic acids is 2. The van der Waals surface area contributed by atoms with Crippen molar-refractivity contribution < 1.29 is 9.59 Å². The zero-order valence-electron chi connectivity index (χ0n) is 29.2. The van der Waals surface area contributed by atoms with Crippen molar-refractivity contribution in [2.45, 2.75) is 79.3 Å². The number of nitrogens with two attached hydrogens (primary N) is 2. The van der Waals surface area contributed by atoms with Gasteiger partial charge in [-0.3, -0.25) is 9.59 Å². The van der Waals surface area contributed by atoms with Crippen LogP contribution in [0.4, 0.5) is 0 Å². The Balaban J connectivity index is 0.000000808. The summed E-state index contributed by atoms with van der Waals surface area (Å²) in [6.07, 6.45) is 7.01. The molecule has 2 aromatic heterocycles. The monoisotopic (exact) mass is 652 g/mol. The summed E-state index contributed by atoms with van der Waals surface area (Å²) in [5.74, 6) is 1.43. The van der Waals surface area contributed by atoms with E-state index >= 15 is 0 Å². The molecule has 10 nitrogen and oxygen atoms in total. The number of benzene rings is 3. The Morgan fingerprint density at radius 3 is 2.19 bits per heavy atom. The van der Waals surface area contributed by atoms with Crippen LogP contribution in [0.15, 0.2) is 60.8 Å². The van der Waals surface area contributed by atoms with Crippen molar-refractivity contribution in [1.82, 2.24) is 29.7 Å². The van der Waals surface area contributed by atoms with Gasteiger partial charge in [-0.15, -0.1) is 0 Å². The smallest absolute Gasteiger partial charge is 0.236 e. The number of amides is 2. The minimum atomic E-state index is -0.0807. The number of aromatic nitrogens is 4. The Bertz CT molecular complexity index is 1790. The molecule has 0 bridgehead atoms. The summed E-state index contributed by atoms with van der Waals surface area (Å²) in [6, 6.07) is 19.0. The third-order valence-electron chi connectivity index (χ3n) is 8.04. The van der Waals surface area contributed by atoms with E-state index in [-0.39, 0.29) is 30.9 Å². The second kappa shape index (κ2) is 17.6. The Morgan fingerprint density at radius 1 is 0.875 bits per heavy atom. The molecule has 3 heterocycles. The van der Waals surface area contributed by atoms with Crippen LogP contribution in [0.3, 0.4) is 0 Å². The number of rotatable bonds is 9. The average Bonchev–Trinajstić information content (AvgIpc) is 3.87. The maximum atomic E-state index is 12.3. The van der Waals surface area contributed by atoms with Gasteiger partial charge in [-0.2, -0.15) is 0 Å². The lowest BCUT2D eigenvalue weighted by Crippen LogP contribution is -2.36. The van der Waals surface area contributed by atoms with Crippen LogP contribution < -0.4 is 11.5 Å². The number of hydrogen-bond donors (Lipinski definition) is 4. The van der Waals surface area contributed by atoms with Crippen LogP contribution in [0.2, 0.25) is 0 Å². The molecule has 6 N–H and O–H groups in total. The second-order valence-electron chi connectivity index (χ2n) is 12.3. The SMILES string of the molecule is CCC.CCC.CCCN(Cc1ncc(-c2ccc3cc(-c4ccc5nc([C@@H]6CCCN6C(=O)CN)[nH]c5c4)ccc3c2)[nH]1)C(=O)CN. The van der Waals surface area contributed by atoms with Crippen LogP contribution in [0, 0.1) is 0 Å². The van der Waals surface area contributed by atoms with Gasteiger partial charge in [-0.05, 0) is 65.4 Å². The number of imidazole rings is 2. The predicted molar refractivity (Wildman–Crippen MR) is 196 cm³/mol. The lowest BCUT2D eigenvalue weighted by molar-refractivity contribution is -0.131. The van der Waals surface area contributed by atoms with Crippen molar-refractivity contribution in [3.8, 4) is 22.4 Å². The fourth-order valence-electron chi connectivity index (χ4n) is 5.89. The highest BCUT2D eigenvalue weighted by Crippen LogP contribution is 2.33. The first-order valence-electron chi connectivity index (χ1n) is 17.4. The molecule has 1 fully saturated rings. The van der Waals surface area contributed by atoms with Crippen molar-refractivity contribution in [3.05, 3.63) is 72.4 Å². The molecule has 0 aliphatic carbocycles. The molecule has 0 saturated carbocycles. The fraction of sp³-hybridized carbons (Fsp3) is 0.421. The van der Waals surface area contributed by atoms with Crippen LogP contribution >= 0.6 is 0 Å². The fourth-order valence-corrected chi connectivity index (χ4v) is 5.89. The summed E-state index contributed by atoms with van der Waals surface area (Å²) in [5, 5.41) is 2.25. The molecule has 1 saturated heterocycles. The van der Waals surface area contributed by atoms with E-state index in [9.17, 15) is 9.59 Å². The standard InChI is InChI=1S/C32H36N8O2.2C3H8/c1-2-11-39(30(41)16-33)19-29-35-18-27(36-29)24-8-7-20-13-21(5-6-22(20)14-24)23-9-10-25-26(15-23)38-32(37-25)28-4-3-12-40(28)31(42)17-34;2*1-3-2/h5-10,13-15,18,28H,2-4,11-12,16-17,19,33-34H2,1H3,(H,35,36)(H,37,38);2*3H2,1-2H3/t28-;;/m0../s1. The van der Waals surface area contributed by atoms with Gasteiger partial charge in [0.2, 0.25) is 11.8 Å². The zero-order chi connectivity index (χ0) is 34.6. The Morgan fingerprint density at radius 2 is 1.52 bits per heavy atom. The second-order valence-corrected chi connectivity index (χ2v) is 12.3. The minimum Gasteiger partial charge on any atom is -0.341 e. The van der Waals surface area contributed by atoms with Gasteiger partial charge in [0, 0.05) is 18.7 Å². The molecule has 0 unspecified atom stereocenters. The Kier molecular flexibility index (Phi) is 13.3. The number of hydrogen-bond acceptors (Lipinski definition) is 6. The molecular formula is C38H52N8O2. The van der Waals surface area contributed by atoms with Gasteiger partial charge in [0.25, 0.3) is 0 Å². The number of nitrogens with one attached hydrogen (secondary N) is 2. The van der Waals surface area contributed by atoms with Gasteiger partial charge < -0.3 is 31.2 Å². The number of carbonyl (C=O) groups is 2. The van der Waals surface area contributed by atoms with Gasteiger partial charge in [-0.1, -0.05) is 77.8 Å². The van der Waals surface area contributed by atoms with Crippen LogP contribution in [-0.2, 0) is 16.1 Å². The molecule has 0 spiro atoms. The molecule has 1 atom stereocenters. The molecular weight excluding hydrogens is 600 g/mol. The van der Waals surface area contributed by atoms with E-state index in [4.69, 9.17) is 16.5 Å².